The molecule has 1 saturated carbocycles. The molecule has 0 radical (unpaired) electrons. The van der Waals surface area contributed by atoms with Gasteiger partial charge in [0.2, 0.25) is 0 Å². The summed E-state index contributed by atoms with van der Waals surface area (Å²) in [6, 6.07) is 5.56. The van der Waals surface area contributed by atoms with Gasteiger partial charge in [0.1, 0.15) is 18.0 Å². The standard InChI is InChI=1S/C23H33N2O6P/c1-7-23(2,3)20(26)15-25-19-14-17(28-4)12-13-18(19)21(24-25)22(16-10-8-9-11-16)31-32(27,29-5)30-6/h12-14H,7-11,15H2,1-6H3. The van der Waals surface area contributed by atoms with Crippen molar-refractivity contribution in [2.24, 2.45) is 5.41 Å². The first kappa shape index (κ1) is 24.5. The Hall–Kier alpha value is -2.15. The normalized spacial score (nSPS) is 14.8. The SMILES string of the molecule is CCC(C)(C)C(=O)Cn1nc(C(OP(=O)(OC)OC)=C2CCCC2)c2ccc(OC)cc21. The number of phosphoric acid groups is 1. The lowest BCUT2D eigenvalue weighted by atomic mass is 9.85. The number of ether oxygens (including phenoxy) is 1. The van der Waals surface area contributed by atoms with Gasteiger partial charge in [0.25, 0.3) is 0 Å². The van der Waals surface area contributed by atoms with Gasteiger partial charge >= 0.3 is 7.82 Å². The third-order valence-corrected chi connectivity index (χ3v) is 7.59. The number of Topliss-reactive ketones (excluding diaryl/α,β-unsaturated/α-hetero) is 1. The van der Waals surface area contributed by atoms with Crippen LogP contribution in [0.5, 0.6) is 5.75 Å². The van der Waals surface area contributed by atoms with Crippen molar-refractivity contribution in [1.82, 2.24) is 9.78 Å². The van der Waals surface area contributed by atoms with E-state index in [1.165, 1.54) is 14.2 Å². The van der Waals surface area contributed by atoms with Crippen molar-refractivity contribution < 1.29 is 27.7 Å². The first-order valence-electron chi connectivity index (χ1n) is 10.9. The second kappa shape index (κ2) is 9.77. The molecule has 0 bridgehead atoms. The maximum absolute atomic E-state index is 13.0. The number of fused-ring (bicyclic) bond motifs is 1. The summed E-state index contributed by atoms with van der Waals surface area (Å²) in [6.45, 7) is 5.98. The van der Waals surface area contributed by atoms with Crippen molar-refractivity contribution in [3.8, 4) is 5.75 Å². The highest BCUT2D eigenvalue weighted by atomic mass is 31.2. The minimum atomic E-state index is -3.80. The number of nitrogens with zero attached hydrogens (tertiary/aromatic N) is 2. The molecule has 0 atom stereocenters. The summed E-state index contributed by atoms with van der Waals surface area (Å²) in [5.41, 5.74) is 1.81. The van der Waals surface area contributed by atoms with E-state index in [2.05, 4.69) is 0 Å². The molecule has 3 rings (SSSR count). The molecule has 1 aliphatic carbocycles. The van der Waals surface area contributed by atoms with Crippen molar-refractivity contribution in [3.05, 3.63) is 29.5 Å². The van der Waals surface area contributed by atoms with Gasteiger partial charge in [0, 0.05) is 31.1 Å². The Morgan fingerprint density at radius 3 is 2.38 bits per heavy atom. The number of methoxy groups -OCH3 is 1. The van der Waals surface area contributed by atoms with Crippen LogP contribution in [0.25, 0.3) is 16.7 Å². The molecule has 1 aliphatic rings. The fourth-order valence-corrected chi connectivity index (χ4v) is 4.42. The number of phosphoric ester groups is 1. The quantitative estimate of drug-likeness (QED) is 0.327. The average Bonchev–Trinajstić information content (AvgIpc) is 3.45. The zero-order valence-electron chi connectivity index (χ0n) is 19.8. The van der Waals surface area contributed by atoms with E-state index in [0.717, 1.165) is 48.6 Å². The zero-order valence-corrected chi connectivity index (χ0v) is 20.7. The Labute approximate surface area is 189 Å². The number of rotatable bonds is 10. The Morgan fingerprint density at radius 2 is 1.81 bits per heavy atom. The smallest absolute Gasteiger partial charge is 0.497 e. The second-order valence-electron chi connectivity index (χ2n) is 8.59. The maximum atomic E-state index is 13.0. The van der Waals surface area contributed by atoms with E-state index in [1.54, 1.807) is 11.8 Å². The number of carbonyl (C=O) groups excluding carboxylic acids is 1. The van der Waals surface area contributed by atoms with E-state index in [1.807, 2.05) is 39.0 Å². The first-order chi connectivity index (χ1) is 15.2. The Morgan fingerprint density at radius 1 is 1.16 bits per heavy atom. The summed E-state index contributed by atoms with van der Waals surface area (Å²) in [5, 5.41) is 5.55. The molecule has 0 saturated heterocycles. The van der Waals surface area contributed by atoms with Gasteiger partial charge in [-0.3, -0.25) is 18.5 Å². The maximum Gasteiger partial charge on any atom is 0.529 e. The average molecular weight is 464 g/mol. The predicted octanol–water partition coefficient (Wildman–Crippen LogP) is 5.75. The van der Waals surface area contributed by atoms with Crippen LogP contribution < -0.4 is 4.74 Å². The van der Waals surface area contributed by atoms with Crippen molar-refractivity contribution in [3.63, 3.8) is 0 Å². The minimum absolute atomic E-state index is 0.0780. The molecule has 1 aromatic heterocycles. The molecule has 8 nitrogen and oxygen atoms in total. The molecular formula is C23H33N2O6P. The van der Waals surface area contributed by atoms with E-state index in [9.17, 15) is 9.36 Å². The van der Waals surface area contributed by atoms with Crippen LogP contribution in [0.15, 0.2) is 23.8 Å². The van der Waals surface area contributed by atoms with E-state index in [0.29, 0.717) is 17.2 Å². The predicted molar refractivity (Wildman–Crippen MR) is 123 cm³/mol. The van der Waals surface area contributed by atoms with Crippen LogP contribution in [0.2, 0.25) is 0 Å². The number of ketones is 1. The van der Waals surface area contributed by atoms with E-state index < -0.39 is 13.2 Å². The molecule has 0 unspecified atom stereocenters. The lowest BCUT2D eigenvalue weighted by Gasteiger charge is -2.21. The van der Waals surface area contributed by atoms with Crippen LogP contribution in [-0.2, 0) is 29.5 Å². The first-order valence-corrected chi connectivity index (χ1v) is 12.4. The number of hydrogen-bond acceptors (Lipinski definition) is 7. The van der Waals surface area contributed by atoms with Crippen LogP contribution >= 0.6 is 7.82 Å². The Kier molecular flexibility index (Phi) is 7.48. The molecule has 1 aromatic carbocycles. The number of carbonyl (C=O) groups is 1. The summed E-state index contributed by atoms with van der Waals surface area (Å²) in [4.78, 5) is 13.0. The summed E-state index contributed by atoms with van der Waals surface area (Å²) in [6.07, 6.45) is 4.39. The Balaban J connectivity index is 2.19. The van der Waals surface area contributed by atoms with Crippen molar-refractivity contribution in [2.75, 3.05) is 21.3 Å². The summed E-state index contributed by atoms with van der Waals surface area (Å²) in [7, 11) is 0.369. The summed E-state index contributed by atoms with van der Waals surface area (Å²) in [5.74, 6) is 1.14. The van der Waals surface area contributed by atoms with E-state index >= 15 is 0 Å². The van der Waals surface area contributed by atoms with Gasteiger partial charge in [0.15, 0.2) is 11.5 Å². The van der Waals surface area contributed by atoms with Crippen molar-refractivity contribution >= 4 is 30.3 Å². The molecule has 0 amide bonds. The van der Waals surface area contributed by atoms with Crippen LogP contribution in [0.3, 0.4) is 0 Å². The number of aromatic nitrogens is 2. The molecule has 0 spiro atoms. The molecule has 2 aromatic rings. The molecule has 0 aliphatic heterocycles. The summed E-state index contributed by atoms with van der Waals surface area (Å²) >= 11 is 0. The van der Waals surface area contributed by atoms with E-state index in [-0.39, 0.29) is 12.3 Å². The largest absolute Gasteiger partial charge is 0.529 e. The van der Waals surface area contributed by atoms with Crippen LogP contribution in [0.1, 0.15) is 58.6 Å². The third kappa shape index (κ3) is 4.92. The summed E-state index contributed by atoms with van der Waals surface area (Å²) < 4.78 is 35.9. The van der Waals surface area contributed by atoms with Gasteiger partial charge in [-0.15, -0.1) is 0 Å². The molecule has 32 heavy (non-hydrogen) atoms. The Bertz CT molecular complexity index is 1060. The van der Waals surface area contributed by atoms with Crippen molar-refractivity contribution in [2.45, 2.75) is 59.4 Å². The molecule has 1 fully saturated rings. The van der Waals surface area contributed by atoms with Gasteiger partial charge in [-0.05, 0) is 49.8 Å². The molecule has 176 valence electrons. The molecule has 0 N–H and O–H groups in total. The molecule has 1 heterocycles. The lowest BCUT2D eigenvalue weighted by molar-refractivity contribution is -0.128. The van der Waals surface area contributed by atoms with Crippen LogP contribution in [0, 0.1) is 5.41 Å². The van der Waals surface area contributed by atoms with Gasteiger partial charge in [-0.2, -0.15) is 5.10 Å². The fraction of sp³-hybridized carbons (Fsp3) is 0.565. The molecule has 9 heteroatoms. The van der Waals surface area contributed by atoms with Gasteiger partial charge < -0.3 is 9.26 Å². The zero-order chi connectivity index (χ0) is 23.5. The lowest BCUT2D eigenvalue weighted by Crippen LogP contribution is -2.27. The van der Waals surface area contributed by atoms with E-state index in [4.69, 9.17) is 23.4 Å². The monoisotopic (exact) mass is 464 g/mol. The second-order valence-corrected chi connectivity index (χ2v) is 10.4. The third-order valence-electron chi connectivity index (χ3n) is 6.28. The van der Waals surface area contributed by atoms with Gasteiger partial charge in [-0.1, -0.05) is 20.8 Å². The van der Waals surface area contributed by atoms with Crippen LogP contribution in [0.4, 0.5) is 0 Å². The highest BCUT2D eigenvalue weighted by Gasteiger charge is 2.32. The topological polar surface area (TPSA) is 88.9 Å². The van der Waals surface area contributed by atoms with Gasteiger partial charge in [0.05, 0.1) is 12.6 Å². The highest BCUT2D eigenvalue weighted by Crippen LogP contribution is 2.53. The highest BCUT2D eigenvalue weighted by molar-refractivity contribution is 7.48. The van der Waals surface area contributed by atoms with Gasteiger partial charge in [-0.25, -0.2) is 4.57 Å². The fourth-order valence-electron chi connectivity index (χ4n) is 3.68. The minimum Gasteiger partial charge on any atom is -0.497 e. The number of benzene rings is 1. The number of hydrogen-bond donors (Lipinski definition) is 0. The number of allylic oxidation sites excluding steroid dienone is 1. The molecular weight excluding hydrogens is 431 g/mol. The van der Waals surface area contributed by atoms with Crippen LogP contribution in [-0.4, -0.2) is 36.9 Å². The van der Waals surface area contributed by atoms with Crippen molar-refractivity contribution in [1.29, 1.82) is 0 Å².